The van der Waals surface area contributed by atoms with Crippen LogP contribution in [-0.2, 0) is 0 Å². The van der Waals surface area contributed by atoms with Gasteiger partial charge in [-0.05, 0) is 35.8 Å². The average molecular weight is 240 g/mol. The van der Waals surface area contributed by atoms with Gasteiger partial charge in [-0.2, -0.15) is 0 Å². The van der Waals surface area contributed by atoms with Crippen molar-refractivity contribution in [3.8, 4) is 0 Å². The smallest absolute Gasteiger partial charge is 0.261 e. The zero-order valence-electron chi connectivity index (χ0n) is 9.61. The minimum atomic E-state index is -0.150. The Morgan fingerprint density at radius 2 is 1.44 bits per heavy atom. The van der Waals surface area contributed by atoms with Crippen molar-refractivity contribution in [2.24, 2.45) is 29.4 Å². The molecule has 4 nitrogen and oxygen atoms in total. The van der Waals surface area contributed by atoms with E-state index in [1.165, 1.54) is 4.90 Å². The van der Waals surface area contributed by atoms with Gasteiger partial charge in [-0.25, -0.2) is 0 Å². The number of imide groups is 1. The van der Waals surface area contributed by atoms with Crippen molar-refractivity contribution in [3.05, 3.63) is 35.4 Å². The summed E-state index contributed by atoms with van der Waals surface area (Å²) in [5.41, 5.74) is 7.25. The lowest BCUT2D eigenvalue weighted by Crippen LogP contribution is -2.48. The summed E-state index contributed by atoms with van der Waals surface area (Å²) in [7, 11) is 0. The molecule has 3 unspecified atom stereocenters. The van der Waals surface area contributed by atoms with Gasteiger partial charge in [0.2, 0.25) is 0 Å². The van der Waals surface area contributed by atoms with Gasteiger partial charge in [0.25, 0.3) is 11.8 Å². The van der Waals surface area contributed by atoms with E-state index in [0.29, 0.717) is 34.8 Å². The Labute approximate surface area is 104 Å². The summed E-state index contributed by atoms with van der Waals surface area (Å²) < 4.78 is 0. The first-order valence-electron chi connectivity index (χ1n) is 6.44. The summed E-state index contributed by atoms with van der Waals surface area (Å²) in [6.07, 6.45) is 0. The van der Waals surface area contributed by atoms with E-state index < -0.39 is 0 Å². The van der Waals surface area contributed by atoms with Crippen LogP contribution in [0.3, 0.4) is 0 Å². The van der Waals surface area contributed by atoms with E-state index in [4.69, 9.17) is 5.73 Å². The summed E-state index contributed by atoms with van der Waals surface area (Å²) in [6.45, 7) is 0. The number of carbonyl (C=O) groups is 2. The highest BCUT2D eigenvalue weighted by Crippen LogP contribution is 2.81. The second-order valence-electron chi connectivity index (χ2n) is 5.90. The third kappa shape index (κ3) is 0.773. The van der Waals surface area contributed by atoms with E-state index in [0.717, 1.165) is 0 Å². The number of amides is 2. The number of benzene rings is 1. The Kier molecular flexibility index (Phi) is 1.30. The highest BCUT2D eigenvalue weighted by atomic mass is 16.2. The van der Waals surface area contributed by atoms with Crippen molar-refractivity contribution in [2.45, 2.75) is 12.1 Å². The highest BCUT2D eigenvalue weighted by molar-refractivity contribution is 6.21. The monoisotopic (exact) mass is 240 g/mol. The molecule has 90 valence electrons. The topological polar surface area (TPSA) is 63.4 Å². The Balaban J connectivity index is 1.60. The van der Waals surface area contributed by atoms with Crippen molar-refractivity contribution in [1.82, 2.24) is 4.90 Å². The fourth-order valence-corrected chi connectivity index (χ4v) is 4.41. The molecule has 2 bridgehead atoms. The molecule has 1 heterocycles. The highest BCUT2D eigenvalue weighted by Gasteiger charge is 2.85. The van der Waals surface area contributed by atoms with Crippen molar-refractivity contribution in [1.29, 1.82) is 0 Å². The van der Waals surface area contributed by atoms with Gasteiger partial charge in [-0.15, -0.1) is 0 Å². The van der Waals surface area contributed by atoms with Crippen LogP contribution in [0.1, 0.15) is 20.7 Å². The maximum atomic E-state index is 12.4. The Morgan fingerprint density at radius 1 is 0.889 bits per heavy atom. The van der Waals surface area contributed by atoms with Crippen LogP contribution in [0.4, 0.5) is 0 Å². The third-order valence-electron chi connectivity index (χ3n) is 5.30. The molecule has 0 radical (unpaired) electrons. The maximum Gasteiger partial charge on any atom is 0.261 e. The SMILES string of the molecule is N[C@H]1C2C3C([C@@H]32)[C@H]1N1C(=O)c2ccccc2C1=O. The lowest BCUT2D eigenvalue weighted by atomic mass is 10.1. The first-order valence-corrected chi connectivity index (χ1v) is 6.44. The van der Waals surface area contributed by atoms with Crippen LogP contribution in [0.15, 0.2) is 24.3 Å². The van der Waals surface area contributed by atoms with Gasteiger partial charge in [0.15, 0.2) is 0 Å². The minimum absolute atomic E-state index is 0.00668. The van der Waals surface area contributed by atoms with Crippen molar-refractivity contribution in [3.63, 3.8) is 0 Å². The molecule has 4 saturated carbocycles. The maximum absolute atomic E-state index is 12.4. The number of nitrogens with zero attached hydrogens (tertiary/aromatic N) is 1. The fraction of sp³-hybridized carbons (Fsp3) is 0.429. The summed E-state index contributed by atoms with van der Waals surface area (Å²) >= 11 is 0. The minimum Gasteiger partial charge on any atom is -0.326 e. The predicted molar refractivity (Wildman–Crippen MR) is 62.7 cm³/mol. The van der Waals surface area contributed by atoms with Gasteiger partial charge in [0.05, 0.1) is 17.2 Å². The van der Waals surface area contributed by atoms with Crippen molar-refractivity contribution < 1.29 is 9.59 Å². The van der Waals surface area contributed by atoms with Crippen molar-refractivity contribution >= 4 is 11.8 Å². The van der Waals surface area contributed by atoms with Crippen molar-refractivity contribution in [2.75, 3.05) is 0 Å². The molecule has 6 rings (SSSR count). The van der Waals surface area contributed by atoms with E-state index >= 15 is 0 Å². The molecule has 1 aromatic carbocycles. The molecule has 1 aromatic rings. The van der Waals surface area contributed by atoms with Crippen LogP contribution < -0.4 is 5.73 Å². The molecule has 4 heteroatoms. The lowest BCUT2D eigenvalue weighted by Gasteiger charge is -2.25. The van der Waals surface area contributed by atoms with Gasteiger partial charge >= 0.3 is 0 Å². The number of hydrogen-bond acceptors (Lipinski definition) is 3. The van der Waals surface area contributed by atoms with Gasteiger partial charge in [0, 0.05) is 6.04 Å². The number of fused-ring (bicyclic) bond motifs is 2. The number of rotatable bonds is 1. The normalized spacial score (nSPS) is 46.2. The van der Waals surface area contributed by atoms with E-state index in [-0.39, 0.29) is 23.9 Å². The molecular weight excluding hydrogens is 228 g/mol. The van der Waals surface area contributed by atoms with Crippen LogP contribution >= 0.6 is 0 Å². The second-order valence-corrected chi connectivity index (χ2v) is 5.90. The van der Waals surface area contributed by atoms with E-state index in [9.17, 15) is 9.59 Å². The van der Waals surface area contributed by atoms with Crippen LogP contribution in [-0.4, -0.2) is 28.8 Å². The predicted octanol–water partition coefficient (Wildman–Crippen LogP) is 0.484. The van der Waals surface area contributed by atoms with Crippen LogP contribution in [0.2, 0.25) is 0 Å². The molecule has 18 heavy (non-hydrogen) atoms. The van der Waals surface area contributed by atoms with E-state index in [2.05, 4.69) is 0 Å². The Morgan fingerprint density at radius 3 is 1.89 bits per heavy atom. The first kappa shape index (κ1) is 9.28. The molecule has 4 aliphatic carbocycles. The second kappa shape index (κ2) is 2.52. The quantitative estimate of drug-likeness (QED) is 0.726. The lowest BCUT2D eigenvalue weighted by molar-refractivity contribution is 0.0565. The summed E-state index contributed by atoms with van der Waals surface area (Å²) in [5, 5.41) is 0. The summed E-state index contributed by atoms with van der Waals surface area (Å²) in [6, 6.07) is 7.02. The number of hydrogen-bond donors (Lipinski definition) is 1. The van der Waals surface area contributed by atoms with E-state index in [1.54, 1.807) is 24.3 Å². The molecule has 5 aliphatic rings. The standard InChI is InChI=1S/C14H12N2O2/c15-11-9-7-8(9)10(7)12(11)16-13(17)5-3-1-2-4-6(5)14(16)18/h1-4,7-12H,15H2/t7-,8?,9?,10?,11-,12+/m0/s1. The molecule has 0 aromatic heterocycles. The largest absolute Gasteiger partial charge is 0.326 e. The molecule has 0 spiro atoms. The number of carbonyl (C=O) groups excluding carboxylic acids is 2. The van der Waals surface area contributed by atoms with E-state index in [1.807, 2.05) is 0 Å². The van der Waals surface area contributed by atoms with Crippen LogP contribution in [0.25, 0.3) is 0 Å². The van der Waals surface area contributed by atoms with Crippen LogP contribution in [0.5, 0.6) is 0 Å². The molecule has 1 aliphatic heterocycles. The molecule has 2 amide bonds. The zero-order chi connectivity index (χ0) is 12.2. The van der Waals surface area contributed by atoms with Gasteiger partial charge in [-0.1, -0.05) is 12.1 Å². The fourth-order valence-electron chi connectivity index (χ4n) is 4.41. The third-order valence-corrected chi connectivity index (χ3v) is 5.30. The molecule has 0 saturated heterocycles. The average Bonchev–Trinajstić information content (AvgIpc) is 3.19. The summed E-state index contributed by atoms with van der Waals surface area (Å²) in [4.78, 5) is 26.2. The molecule has 4 fully saturated rings. The van der Waals surface area contributed by atoms with Crippen LogP contribution in [0, 0.1) is 23.7 Å². The first-order chi connectivity index (χ1) is 8.72. The summed E-state index contributed by atoms with van der Waals surface area (Å²) in [5.74, 6) is 2.23. The Bertz CT molecular complexity index is 581. The van der Waals surface area contributed by atoms with Gasteiger partial charge < -0.3 is 5.73 Å². The molecule has 6 atom stereocenters. The number of nitrogens with two attached hydrogens (primary N) is 1. The zero-order valence-corrected chi connectivity index (χ0v) is 9.61. The Hall–Kier alpha value is -1.68. The van der Waals surface area contributed by atoms with Gasteiger partial charge in [0.1, 0.15) is 0 Å². The van der Waals surface area contributed by atoms with Gasteiger partial charge in [-0.3, -0.25) is 14.5 Å². The molecule has 2 N–H and O–H groups in total. The molecular formula is C14H12N2O2.